The fourth-order valence-electron chi connectivity index (χ4n) is 3.64. The molecular formula is C21H27N3O6. The van der Waals surface area contributed by atoms with E-state index >= 15 is 0 Å². The maximum absolute atomic E-state index is 12.2. The minimum atomic E-state index is -0.587. The molecule has 0 radical (unpaired) electrons. The Morgan fingerprint density at radius 3 is 2.47 bits per heavy atom. The summed E-state index contributed by atoms with van der Waals surface area (Å²) in [6, 6.07) is 4.70. The SMILES string of the molecule is CCOC(=O)c1cc([N+](=O)[O-])c2[nH]c(C3CCN(C(=O)OC(C)(C)C)CC3)cc2c1. The monoisotopic (exact) mass is 417 g/mol. The summed E-state index contributed by atoms with van der Waals surface area (Å²) >= 11 is 0. The van der Waals surface area contributed by atoms with E-state index in [-0.39, 0.29) is 29.9 Å². The molecule has 2 heterocycles. The van der Waals surface area contributed by atoms with Crippen molar-refractivity contribution in [1.82, 2.24) is 9.88 Å². The Morgan fingerprint density at radius 2 is 1.90 bits per heavy atom. The summed E-state index contributed by atoms with van der Waals surface area (Å²) < 4.78 is 10.4. The molecule has 9 nitrogen and oxygen atoms in total. The van der Waals surface area contributed by atoms with E-state index in [2.05, 4.69) is 4.98 Å². The number of ether oxygens (including phenoxy) is 2. The molecule has 162 valence electrons. The number of nitro benzene ring substituents is 1. The van der Waals surface area contributed by atoms with Gasteiger partial charge in [0, 0.05) is 36.2 Å². The second kappa shape index (κ2) is 8.33. The van der Waals surface area contributed by atoms with Crippen LogP contribution in [0.4, 0.5) is 10.5 Å². The van der Waals surface area contributed by atoms with Crippen molar-refractivity contribution in [2.24, 2.45) is 0 Å². The van der Waals surface area contributed by atoms with Gasteiger partial charge >= 0.3 is 12.1 Å². The van der Waals surface area contributed by atoms with Crippen molar-refractivity contribution >= 4 is 28.7 Å². The number of non-ortho nitro benzene ring substituents is 1. The molecule has 1 fully saturated rings. The number of rotatable bonds is 4. The van der Waals surface area contributed by atoms with E-state index in [0.29, 0.717) is 36.8 Å². The number of amides is 1. The molecule has 1 aromatic carbocycles. The highest BCUT2D eigenvalue weighted by Crippen LogP contribution is 2.34. The molecule has 1 aliphatic heterocycles. The quantitative estimate of drug-likeness (QED) is 0.449. The average molecular weight is 417 g/mol. The molecule has 1 saturated heterocycles. The number of aromatic nitrogens is 1. The van der Waals surface area contributed by atoms with Gasteiger partial charge in [-0.05, 0) is 52.7 Å². The maximum Gasteiger partial charge on any atom is 0.410 e. The van der Waals surface area contributed by atoms with Crippen LogP contribution >= 0.6 is 0 Å². The summed E-state index contributed by atoms with van der Waals surface area (Å²) in [6.45, 7) is 8.47. The van der Waals surface area contributed by atoms with Crippen LogP contribution < -0.4 is 0 Å². The van der Waals surface area contributed by atoms with E-state index in [1.165, 1.54) is 6.07 Å². The van der Waals surface area contributed by atoms with Gasteiger partial charge in [-0.25, -0.2) is 9.59 Å². The lowest BCUT2D eigenvalue weighted by Crippen LogP contribution is -2.41. The summed E-state index contributed by atoms with van der Waals surface area (Å²) in [7, 11) is 0. The minimum absolute atomic E-state index is 0.127. The van der Waals surface area contributed by atoms with Gasteiger partial charge in [0.1, 0.15) is 11.1 Å². The molecule has 0 saturated carbocycles. The molecule has 0 atom stereocenters. The van der Waals surface area contributed by atoms with E-state index < -0.39 is 16.5 Å². The molecule has 2 aromatic rings. The van der Waals surface area contributed by atoms with Crippen LogP contribution in [0.5, 0.6) is 0 Å². The summed E-state index contributed by atoms with van der Waals surface area (Å²) in [4.78, 5) is 40.2. The van der Waals surface area contributed by atoms with Crippen molar-refractivity contribution in [3.05, 3.63) is 39.6 Å². The standard InChI is InChI=1S/C21H27N3O6/c1-5-29-19(25)15-10-14-11-16(22-18(14)17(12-15)24(27)28)13-6-8-23(9-7-13)20(26)30-21(2,3)4/h10-13,22H,5-9H2,1-4H3. The Morgan fingerprint density at radius 1 is 1.23 bits per heavy atom. The van der Waals surface area contributed by atoms with Crippen molar-refractivity contribution < 1.29 is 24.0 Å². The molecule has 0 bridgehead atoms. The Hall–Kier alpha value is -3.10. The molecule has 1 aliphatic rings. The summed E-state index contributed by atoms with van der Waals surface area (Å²) in [5.74, 6) is -0.461. The Balaban J connectivity index is 1.81. The van der Waals surface area contributed by atoms with Gasteiger partial charge in [0.2, 0.25) is 0 Å². The molecular weight excluding hydrogens is 390 g/mol. The predicted octanol–water partition coefficient (Wildman–Crippen LogP) is 4.37. The third kappa shape index (κ3) is 4.72. The fourth-order valence-corrected chi connectivity index (χ4v) is 3.64. The maximum atomic E-state index is 12.2. The predicted molar refractivity (Wildman–Crippen MR) is 111 cm³/mol. The highest BCUT2D eigenvalue weighted by atomic mass is 16.6. The second-order valence-electron chi connectivity index (χ2n) is 8.40. The van der Waals surface area contributed by atoms with Gasteiger partial charge in [-0.1, -0.05) is 0 Å². The number of piperidine rings is 1. The highest BCUT2D eigenvalue weighted by Gasteiger charge is 2.29. The lowest BCUT2D eigenvalue weighted by Gasteiger charge is -2.33. The van der Waals surface area contributed by atoms with Crippen molar-refractivity contribution in [2.45, 2.75) is 52.1 Å². The minimum Gasteiger partial charge on any atom is -0.462 e. The van der Waals surface area contributed by atoms with Crippen LogP contribution in [0, 0.1) is 10.1 Å². The first-order valence-electron chi connectivity index (χ1n) is 10.0. The zero-order valence-corrected chi connectivity index (χ0v) is 17.7. The van der Waals surface area contributed by atoms with Gasteiger partial charge in [0.25, 0.3) is 5.69 Å². The van der Waals surface area contributed by atoms with Crippen LogP contribution in [-0.2, 0) is 9.47 Å². The normalized spacial score (nSPS) is 15.3. The van der Waals surface area contributed by atoms with Gasteiger partial charge in [-0.2, -0.15) is 0 Å². The van der Waals surface area contributed by atoms with E-state index in [9.17, 15) is 19.7 Å². The number of hydrogen-bond acceptors (Lipinski definition) is 6. The smallest absolute Gasteiger partial charge is 0.410 e. The van der Waals surface area contributed by atoms with Crippen molar-refractivity contribution in [1.29, 1.82) is 0 Å². The van der Waals surface area contributed by atoms with Crippen LogP contribution in [0.15, 0.2) is 18.2 Å². The molecule has 1 aromatic heterocycles. The molecule has 30 heavy (non-hydrogen) atoms. The molecule has 9 heteroatoms. The molecule has 3 rings (SSSR count). The topological polar surface area (TPSA) is 115 Å². The average Bonchev–Trinajstić information content (AvgIpc) is 3.10. The molecule has 0 aliphatic carbocycles. The first-order chi connectivity index (χ1) is 14.1. The fraction of sp³-hybridized carbons (Fsp3) is 0.524. The van der Waals surface area contributed by atoms with Crippen LogP contribution in [0.2, 0.25) is 0 Å². The number of nitro groups is 1. The number of H-pyrrole nitrogens is 1. The van der Waals surface area contributed by atoms with Crippen molar-refractivity contribution in [2.75, 3.05) is 19.7 Å². The molecule has 0 spiro atoms. The summed E-state index contributed by atoms with van der Waals surface area (Å²) in [5.41, 5.74) is 0.700. The number of aromatic amines is 1. The lowest BCUT2D eigenvalue weighted by molar-refractivity contribution is -0.383. The zero-order valence-electron chi connectivity index (χ0n) is 17.7. The van der Waals surface area contributed by atoms with Crippen LogP contribution in [0.3, 0.4) is 0 Å². The van der Waals surface area contributed by atoms with Gasteiger partial charge in [0.15, 0.2) is 0 Å². The van der Waals surface area contributed by atoms with E-state index in [1.54, 1.807) is 17.9 Å². The number of nitrogens with one attached hydrogen (secondary N) is 1. The van der Waals surface area contributed by atoms with Crippen molar-refractivity contribution in [3.8, 4) is 0 Å². The van der Waals surface area contributed by atoms with Crippen LogP contribution in [0.25, 0.3) is 10.9 Å². The van der Waals surface area contributed by atoms with Gasteiger partial charge in [-0.15, -0.1) is 0 Å². The van der Waals surface area contributed by atoms with Crippen LogP contribution in [-0.4, -0.2) is 52.2 Å². The zero-order chi connectivity index (χ0) is 22.1. The molecule has 0 unspecified atom stereocenters. The van der Waals surface area contributed by atoms with Crippen LogP contribution in [0.1, 0.15) is 62.5 Å². The third-order valence-corrected chi connectivity index (χ3v) is 5.02. The number of fused-ring (bicyclic) bond motifs is 1. The first-order valence-corrected chi connectivity index (χ1v) is 10.0. The van der Waals surface area contributed by atoms with Gasteiger partial charge < -0.3 is 19.4 Å². The number of carbonyl (C=O) groups excluding carboxylic acids is 2. The molecule has 1 N–H and O–H groups in total. The largest absolute Gasteiger partial charge is 0.462 e. The molecule has 1 amide bonds. The van der Waals surface area contributed by atoms with E-state index in [1.807, 2.05) is 26.8 Å². The highest BCUT2D eigenvalue weighted by molar-refractivity contribution is 5.99. The van der Waals surface area contributed by atoms with Gasteiger partial charge in [0.05, 0.1) is 17.1 Å². The number of carbonyl (C=O) groups is 2. The lowest BCUT2D eigenvalue weighted by atomic mass is 9.94. The number of likely N-dealkylation sites (tertiary alicyclic amines) is 1. The van der Waals surface area contributed by atoms with Gasteiger partial charge in [-0.3, -0.25) is 10.1 Å². The number of esters is 1. The Bertz CT molecular complexity index is 967. The summed E-state index contributed by atoms with van der Waals surface area (Å²) in [5, 5.41) is 12.1. The summed E-state index contributed by atoms with van der Waals surface area (Å²) in [6.07, 6.45) is 1.10. The van der Waals surface area contributed by atoms with Crippen molar-refractivity contribution in [3.63, 3.8) is 0 Å². The number of benzene rings is 1. The first kappa shape index (κ1) is 21.6. The third-order valence-electron chi connectivity index (χ3n) is 5.02. The Kier molecular flexibility index (Phi) is 6.00. The number of hydrogen-bond donors (Lipinski definition) is 1. The van der Waals surface area contributed by atoms with E-state index in [0.717, 1.165) is 5.69 Å². The Labute approximate surface area is 174 Å². The van der Waals surface area contributed by atoms with E-state index in [4.69, 9.17) is 9.47 Å². The number of nitrogens with zero attached hydrogens (tertiary/aromatic N) is 2. The second-order valence-corrected chi connectivity index (χ2v) is 8.40.